The minimum atomic E-state index is 0.892. The first-order valence-electron chi connectivity index (χ1n) is 6.15. The molecule has 1 aromatic rings. The molecule has 0 atom stereocenters. The van der Waals surface area contributed by atoms with Gasteiger partial charge in [0.1, 0.15) is 0 Å². The number of rotatable bonds is 2. The van der Waals surface area contributed by atoms with Crippen LogP contribution in [0, 0.1) is 5.92 Å². The maximum atomic E-state index is 4.44. The van der Waals surface area contributed by atoms with Gasteiger partial charge in [-0.3, -0.25) is 9.88 Å². The molecule has 3 rings (SSSR count). The zero-order valence-electron chi connectivity index (χ0n) is 9.89. The van der Waals surface area contributed by atoms with Gasteiger partial charge in [-0.05, 0) is 24.6 Å². The van der Waals surface area contributed by atoms with Crippen molar-refractivity contribution in [3.8, 4) is 0 Å². The zero-order valence-corrected chi connectivity index (χ0v) is 9.89. The molecule has 2 aliphatic heterocycles. The molecule has 1 aromatic heterocycles. The van der Waals surface area contributed by atoms with Crippen LogP contribution < -0.4 is 0 Å². The fraction of sp³-hybridized carbons (Fsp3) is 0.615. The van der Waals surface area contributed by atoms with Crippen molar-refractivity contribution >= 4 is 0 Å². The van der Waals surface area contributed by atoms with E-state index in [0.717, 1.165) is 18.9 Å². The SMILES string of the molecule is CN1CC(CN2CCc3ncccc3C2)C1. The predicted molar refractivity (Wildman–Crippen MR) is 64.2 cm³/mol. The monoisotopic (exact) mass is 217 g/mol. The molecule has 1 fully saturated rings. The van der Waals surface area contributed by atoms with Crippen LogP contribution in [0.5, 0.6) is 0 Å². The summed E-state index contributed by atoms with van der Waals surface area (Å²) in [6, 6.07) is 4.28. The predicted octanol–water partition coefficient (Wildman–Crippen LogP) is 1.00. The first-order valence-corrected chi connectivity index (χ1v) is 6.15. The van der Waals surface area contributed by atoms with Crippen LogP contribution in [0.15, 0.2) is 18.3 Å². The molecular formula is C13H19N3. The Bertz CT molecular complexity index is 371. The Balaban J connectivity index is 1.60. The molecule has 3 nitrogen and oxygen atoms in total. The zero-order chi connectivity index (χ0) is 11.0. The summed E-state index contributed by atoms with van der Waals surface area (Å²) >= 11 is 0. The molecule has 0 saturated carbocycles. The summed E-state index contributed by atoms with van der Waals surface area (Å²) in [5, 5.41) is 0. The van der Waals surface area contributed by atoms with E-state index in [4.69, 9.17) is 0 Å². The Morgan fingerprint density at radius 2 is 2.31 bits per heavy atom. The molecule has 0 bridgehead atoms. The second-order valence-electron chi connectivity index (χ2n) is 5.18. The molecule has 0 N–H and O–H groups in total. The highest BCUT2D eigenvalue weighted by Crippen LogP contribution is 2.20. The number of fused-ring (bicyclic) bond motifs is 1. The van der Waals surface area contributed by atoms with Crippen molar-refractivity contribution in [2.24, 2.45) is 5.92 Å². The van der Waals surface area contributed by atoms with Crippen molar-refractivity contribution in [1.29, 1.82) is 0 Å². The summed E-state index contributed by atoms with van der Waals surface area (Å²) in [5.74, 6) is 0.892. The fourth-order valence-electron chi connectivity index (χ4n) is 2.89. The highest BCUT2D eigenvalue weighted by atomic mass is 15.2. The summed E-state index contributed by atoms with van der Waals surface area (Å²) < 4.78 is 0. The van der Waals surface area contributed by atoms with E-state index in [9.17, 15) is 0 Å². The molecule has 0 spiro atoms. The third-order valence-electron chi connectivity index (χ3n) is 3.70. The van der Waals surface area contributed by atoms with E-state index in [1.807, 2.05) is 6.20 Å². The average molecular weight is 217 g/mol. The second kappa shape index (κ2) is 4.15. The lowest BCUT2D eigenvalue weighted by atomic mass is 9.98. The van der Waals surface area contributed by atoms with Gasteiger partial charge in [0, 0.05) is 51.0 Å². The minimum absolute atomic E-state index is 0.892. The van der Waals surface area contributed by atoms with Gasteiger partial charge in [-0.1, -0.05) is 6.07 Å². The number of pyridine rings is 1. The van der Waals surface area contributed by atoms with Crippen molar-refractivity contribution in [3.05, 3.63) is 29.6 Å². The molecule has 0 aromatic carbocycles. The van der Waals surface area contributed by atoms with Crippen molar-refractivity contribution in [2.75, 3.05) is 33.2 Å². The van der Waals surface area contributed by atoms with E-state index in [0.29, 0.717) is 0 Å². The van der Waals surface area contributed by atoms with E-state index in [1.54, 1.807) is 0 Å². The largest absolute Gasteiger partial charge is 0.306 e. The number of likely N-dealkylation sites (tertiary alicyclic amines) is 1. The van der Waals surface area contributed by atoms with E-state index in [2.05, 4.69) is 34.0 Å². The number of hydrogen-bond donors (Lipinski definition) is 0. The fourth-order valence-corrected chi connectivity index (χ4v) is 2.89. The third kappa shape index (κ3) is 1.97. The molecule has 16 heavy (non-hydrogen) atoms. The number of hydrogen-bond acceptors (Lipinski definition) is 3. The summed E-state index contributed by atoms with van der Waals surface area (Å²) in [7, 11) is 2.20. The van der Waals surface area contributed by atoms with Gasteiger partial charge >= 0.3 is 0 Å². The van der Waals surface area contributed by atoms with Gasteiger partial charge in [-0.25, -0.2) is 0 Å². The molecule has 1 saturated heterocycles. The van der Waals surface area contributed by atoms with Crippen LogP contribution in [0.25, 0.3) is 0 Å². The van der Waals surface area contributed by atoms with Crippen LogP contribution in [-0.2, 0) is 13.0 Å². The smallest absolute Gasteiger partial charge is 0.0461 e. The van der Waals surface area contributed by atoms with Gasteiger partial charge in [0.2, 0.25) is 0 Å². The van der Waals surface area contributed by atoms with Crippen LogP contribution in [-0.4, -0.2) is 48.0 Å². The van der Waals surface area contributed by atoms with Crippen molar-refractivity contribution in [1.82, 2.24) is 14.8 Å². The Kier molecular flexibility index (Phi) is 2.65. The van der Waals surface area contributed by atoms with Crippen LogP contribution in [0.2, 0.25) is 0 Å². The van der Waals surface area contributed by atoms with Gasteiger partial charge in [0.25, 0.3) is 0 Å². The second-order valence-corrected chi connectivity index (χ2v) is 5.18. The van der Waals surface area contributed by atoms with Gasteiger partial charge in [-0.2, -0.15) is 0 Å². The van der Waals surface area contributed by atoms with Gasteiger partial charge in [0.05, 0.1) is 0 Å². The summed E-state index contributed by atoms with van der Waals surface area (Å²) in [6.45, 7) is 6.10. The van der Waals surface area contributed by atoms with E-state index < -0.39 is 0 Å². The summed E-state index contributed by atoms with van der Waals surface area (Å²) in [4.78, 5) is 9.42. The number of aromatic nitrogens is 1. The van der Waals surface area contributed by atoms with E-state index >= 15 is 0 Å². The van der Waals surface area contributed by atoms with Crippen LogP contribution in [0.3, 0.4) is 0 Å². The van der Waals surface area contributed by atoms with Gasteiger partial charge in [-0.15, -0.1) is 0 Å². The van der Waals surface area contributed by atoms with E-state index in [-0.39, 0.29) is 0 Å². The topological polar surface area (TPSA) is 19.4 Å². The van der Waals surface area contributed by atoms with Crippen LogP contribution in [0.1, 0.15) is 11.3 Å². The first kappa shape index (κ1) is 10.2. The molecule has 0 radical (unpaired) electrons. The maximum Gasteiger partial charge on any atom is 0.0461 e. The van der Waals surface area contributed by atoms with E-state index in [1.165, 1.54) is 37.4 Å². The van der Waals surface area contributed by atoms with Crippen LogP contribution >= 0.6 is 0 Å². The highest BCUT2D eigenvalue weighted by molar-refractivity contribution is 5.22. The van der Waals surface area contributed by atoms with Crippen molar-refractivity contribution in [2.45, 2.75) is 13.0 Å². The van der Waals surface area contributed by atoms with Crippen molar-refractivity contribution < 1.29 is 0 Å². The van der Waals surface area contributed by atoms with Crippen LogP contribution in [0.4, 0.5) is 0 Å². The molecule has 3 heteroatoms. The highest BCUT2D eigenvalue weighted by Gasteiger charge is 2.26. The first-order chi connectivity index (χ1) is 7.81. The standard InChI is InChI=1S/C13H19N3/c1-15-7-11(8-15)9-16-6-4-13-12(10-16)3-2-5-14-13/h2-3,5,11H,4,6-10H2,1H3. The minimum Gasteiger partial charge on any atom is -0.306 e. The Labute approximate surface area is 97.1 Å². The number of nitrogens with zero attached hydrogens (tertiary/aromatic N) is 3. The third-order valence-corrected chi connectivity index (χ3v) is 3.70. The lowest BCUT2D eigenvalue weighted by Gasteiger charge is -2.40. The Morgan fingerprint density at radius 1 is 1.44 bits per heavy atom. The molecule has 0 aliphatic carbocycles. The Morgan fingerprint density at radius 3 is 3.12 bits per heavy atom. The normalized spacial score (nSPS) is 22.8. The molecule has 0 amide bonds. The Hall–Kier alpha value is -0.930. The molecule has 0 unspecified atom stereocenters. The average Bonchev–Trinajstić information content (AvgIpc) is 2.27. The summed E-state index contributed by atoms with van der Waals surface area (Å²) in [6.07, 6.45) is 3.04. The van der Waals surface area contributed by atoms with Crippen molar-refractivity contribution in [3.63, 3.8) is 0 Å². The molecule has 3 heterocycles. The lowest BCUT2D eigenvalue weighted by molar-refractivity contribution is 0.0852. The molecular weight excluding hydrogens is 198 g/mol. The van der Waals surface area contributed by atoms with Gasteiger partial charge < -0.3 is 4.90 Å². The molecule has 2 aliphatic rings. The summed E-state index contributed by atoms with van der Waals surface area (Å²) in [5.41, 5.74) is 2.74. The lowest BCUT2D eigenvalue weighted by Crippen LogP contribution is -2.49. The van der Waals surface area contributed by atoms with Gasteiger partial charge in [0.15, 0.2) is 0 Å². The quantitative estimate of drug-likeness (QED) is 0.737. The molecule has 86 valence electrons. The maximum absolute atomic E-state index is 4.44.